The second-order valence-electron chi connectivity index (χ2n) is 7.25. The molecule has 1 fully saturated rings. The van der Waals surface area contributed by atoms with Crippen molar-refractivity contribution in [2.24, 2.45) is 0 Å². The molecule has 0 spiro atoms. The summed E-state index contributed by atoms with van der Waals surface area (Å²) >= 11 is 6.87. The SMILES string of the molecule is CCNC(=S)NC1CCN(Cc2ccc(Oc3nc4ccccc4s3)cc2)CC1. The van der Waals surface area contributed by atoms with E-state index in [1.807, 2.05) is 30.3 Å². The summed E-state index contributed by atoms with van der Waals surface area (Å²) < 4.78 is 7.09. The van der Waals surface area contributed by atoms with Crippen LogP contribution in [0, 0.1) is 0 Å². The van der Waals surface area contributed by atoms with Crippen LogP contribution in [0.25, 0.3) is 10.2 Å². The molecule has 0 radical (unpaired) electrons. The summed E-state index contributed by atoms with van der Waals surface area (Å²) in [7, 11) is 0. The van der Waals surface area contributed by atoms with Gasteiger partial charge in [-0.05, 0) is 61.8 Å². The lowest BCUT2D eigenvalue weighted by Gasteiger charge is -2.33. The highest BCUT2D eigenvalue weighted by molar-refractivity contribution is 7.80. The summed E-state index contributed by atoms with van der Waals surface area (Å²) in [5.74, 6) is 0.827. The molecular formula is C22H26N4OS2. The van der Waals surface area contributed by atoms with E-state index in [1.54, 1.807) is 11.3 Å². The molecule has 29 heavy (non-hydrogen) atoms. The van der Waals surface area contributed by atoms with Crippen molar-refractivity contribution in [1.82, 2.24) is 20.5 Å². The molecule has 0 bridgehead atoms. The van der Waals surface area contributed by atoms with E-state index in [-0.39, 0.29) is 0 Å². The van der Waals surface area contributed by atoms with Gasteiger partial charge in [0.2, 0.25) is 0 Å². The van der Waals surface area contributed by atoms with Crippen LogP contribution in [-0.4, -0.2) is 40.7 Å². The van der Waals surface area contributed by atoms with Crippen molar-refractivity contribution >= 4 is 38.9 Å². The minimum Gasteiger partial charge on any atom is -0.431 e. The van der Waals surface area contributed by atoms with E-state index >= 15 is 0 Å². The third-order valence-electron chi connectivity index (χ3n) is 5.07. The lowest BCUT2D eigenvalue weighted by atomic mass is 10.0. The zero-order chi connectivity index (χ0) is 20.1. The summed E-state index contributed by atoms with van der Waals surface area (Å²) in [6, 6.07) is 16.9. The molecule has 0 saturated carbocycles. The first kappa shape index (κ1) is 20.1. The average Bonchev–Trinajstić information content (AvgIpc) is 3.13. The molecule has 2 aromatic carbocycles. The van der Waals surface area contributed by atoms with Crippen LogP contribution in [0.1, 0.15) is 25.3 Å². The maximum absolute atomic E-state index is 5.95. The average molecular weight is 427 g/mol. The summed E-state index contributed by atoms with van der Waals surface area (Å²) in [6.45, 7) is 6.05. The van der Waals surface area contributed by atoms with E-state index < -0.39 is 0 Å². The van der Waals surface area contributed by atoms with Gasteiger partial charge < -0.3 is 15.4 Å². The molecule has 1 aliphatic rings. The number of nitrogens with one attached hydrogen (secondary N) is 2. The van der Waals surface area contributed by atoms with Crippen LogP contribution in [0.4, 0.5) is 0 Å². The van der Waals surface area contributed by atoms with Crippen molar-refractivity contribution in [3.05, 3.63) is 54.1 Å². The molecule has 2 heterocycles. The van der Waals surface area contributed by atoms with Crippen LogP contribution in [0.3, 0.4) is 0 Å². The highest BCUT2D eigenvalue weighted by Crippen LogP contribution is 2.31. The van der Waals surface area contributed by atoms with Crippen LogP contribution >= 0.6 is 23.6 Å². The minimum absolute atomic E-state index is 0.474. The second-order valence-corrected chi connectivity index (χ2v) is 8.65. The van der Waals surface area contributed by atoms with Gasteiger partial charge in [0, 0.05) is 32.2 Å². The molecule has 4 rings (SSSR count). The summed E-state index contributed by atoms with van der Waals surface area (Å²) in [5.41, 5.74) is 2.28. The van der Waals surface area contributed by atoms with Crippen LogP contribution in [0.5, 0.6) is 10.9 Å². The number of hydrogen-bond donors (Lipinski definition) is 2. The molecule has 1 aliphatic heterocycles. The Bertz CT molecular complexity index is 916. The molecule has 5 nitrogen and oxygen atoms in total. The summed E-state index contributed by atoms with van der Waals surface area (Å²) in [5, 5.41) is 8.04. The van der Waals surface area contributed by atoms with E-state index in [2.05, 4.69) is 45.6 Å². The number of benzene rings is 2. The molecule has 0 atom stereocenters. The molecular weight excluding hydrogens is 400 g/mol. The Morgan fingerprint density at radius 3 is 2.66 bits per heavy atom. The van der Waals surface area contributed by atoms with Gasteiger partial charge >= 0.3 is 0 Å². The Kier molecular flexibility index (Phi) is 6.59. The fraction of sp³-hybridized carbons (Fsp3) is 0.364. The van der Waals surface area contributed by atoms with Crippen molar-refractivity contribution in [1.29, 1.82) is 0 Å². The predicted molar refractivity (Wildman–Crippen MR) is 124 cm³/mol. The van der Waals surface area contributed by atoms with E-state index in [9.17, 15) is 0 Å². The Morgan fingerprint density at radius 2 is 1.93 bits per heavy atom. The van der Waals surface area contributed by atoms with Gasteiger partial charge in [0.25, 0.3) is 5.19 Å². The first-order valence-electron chi connectivity index (χ1n) is 10.1. The van der Waals surface area contributed by atoms with Gasteiger partial charge in [0.15, 0.2) is 5.11 Å². The van der Waals surface area contributed by atoms with E-state index in [0.29, 0.717) is 11.2 Å². The molecule has 0 amide bonds. The van der Waals surface area contributed by atoms with Crippen molar-refractivity contribution in [2.75, 3.05) is 19.6 Å². The normalized spacial score (nSPS) is 15.3. The molecule has 0 unspecified atom stereocenters. The molecule has 1 saturated heterocycles. The molecule has 152 valence electrons. The van der Waals surface area contributed by atoms with Gasteiger partial charge in [-0.3, -0.25) is 4.90 Å². The first-order chi connectivity index (χ1) is 14.2. The van der Waals surface area contributed by atoms with Crippen molar-refractivity contribution in [3.8, 4) is 10.9 Å². The van der Waals surface area contributed by atoms with E-state index in [4.69, 9.17) is 17.0 Å². The smallest absolute Gasteiger partial charge is 0.279 e. The summed E-state index contributed by atoms with van der Waals surface area (Å²) in [4.78, 5) is 7.03. The van der Waals surface area contributed by atoms with Gasteiger partial charge in [-0.2, -0.15) is 0 Å². The lowest BCUT2D eigenvalue weighted by Crippen LogP contribution is -2.47. The van der Waals surface area contributed by atoms with Gasteiger partial charge in [0.1, 0.15) is 5.75 Å². The molecule has 3 aromatic rings. The number of thiocarbonyl (C=S) groups is 1. The Hall–Kier alpha value is -2.22. The van der Waals surface area contributed by atoms with Gasteiger partial charge in [-0.25, -0.2) is 4.98 Å². The van der Waals surface area contributed by atoms with Gasteiger partial charge in [-0.1, -0.05) is 35.6 Å². The number of piperidine rings is 1. The number of likely N-dealkylation sites (tertiary alicyclic amines) is 1. The highest BCUT2D eigenvalue weighted by atomic mass is 32.1. The third-order valence-corrected chi connectivity index (χ3v) is 6.25. The van der Waals surface area contributed by atoms with Gasteiger partial charge in [-0.15, -0.1) is 0 Å². The standard InChI is InChI=1S/C22H26N4OS2/c1-2-23-21(28)24-17-11-13-26(14-12-17)15-16-7-9-18(10-8-16)27-22-25-19-5-3-4-6-20(19)29-22/h3-10,17H,2,11-15H2,1H3,(H2,23,24,28). The van der Waals surface area contributed by atoms with Crippen LogP contribution < -0.4 is 15.4 Å². The number of para-hydroxylation sites is 1. The molecule has 7 heteroatoms. The maximum atomic E-state index is 5.95. The number of aromatic nitrogens is 1. The molecule has 0 aliphatic carbocycles. The number of rotatable bonds is 6. The second kappa shape index (κ2) is 9.52. The van der Waals surface area contributed by atoms with Crippen molar-refractivity contribution in [2.45, 2.75) is 32.4 Å². The number of nitrogens with zero attached hydrogens (tertiary/aromatic N) is 2. The van der Waals surface area contributed by atoms with Gasteiger partial charge in [0.05, 0.1) is 10.2 Å². The lowest BCUT2D eigenvalue weighted by molar-refractivity contribution is 0.199. The summed E-state index contributed by atoms with van der Waals surface area (Å²) in [6.07, 6.45) is 2.23. The highest BCUT2D eigenvalue weighted by Gasteiger charge is 2.19. The number of hydrogen-bond acceptors (Lipinski definition) is 5. The van der Waals surface area contributed by atoms with Crippen LogP contribution in [0.15, 0.2) is 48.5 Å². The maximum Gasteiger partial charge on any atom is 0.279 e. The van der Waals surface area contributed by atoms with E-state index in [1.165, 1.54) is 5.56 Å². The van der Waals surface area contributed by atoms with Crippen LogP contribution in [0.2, 0.25) is 0 Å². The number of fused-ring (bicyclic) bond motifs is 1. The zero-order valence-corrected chi connectivity index (χ0v) is 18.2. The predicted octanol–water partition coefficient (Wildman–Crippen LogP) is 4.54. The Balaban J connectivity index is 1.27. The van der Waals surface area contributed by atoms with E-state index in [0.717, 1.165) is 60.1 Å². The number of ether oxygens (including phenoxy) is 1. The quantitative estimate of drug-likeness (QED) is 0.565. The monoisotopic (exact) mass is 426 g/mol. The molecule has 1 aromatic heterocycles. The zero-order valence-electron chi connectivity index (χ0n) is 16.6. The topological polar surface area (TPSA) is 49.4 Å². The van der Waals surface area contributed by atoms with Crippen molar-refractivity contribution in [3.63, 3.8) is 0 Å². The minimum atomic E-state index is 0.474. The van der Waals surface area contributed by atoms with Crippen LogP contribution in [-0.2, 0) is 6.54 Å². The third kappa shape index (κ3) is 5.44. The Morgan fingerprint density at radius 1 is 1.17 bits per heavy atom. The first-order valence-corrected chi connectivity index (χ1v) is 11.3. The fourth-order valence-corrected chi connectivity index (χ4v) is 4.69. The largest absolute Gasteiger partial charge is 0.431 e. The van der Waals surface area contributed by atoms with Crippen molar-refractivity contribution < 1.29 is 4.74 Å². The Labute approximate surface area is 181 Å². The fourth-order valence-electron chi connectivity index (χ4n) is 3.55. The molecule has 2 N–H and O–H groups in total. The number of thiazole rings is 1.